The average Bonchev–Trinajstić information content (AvgIpc) is 2.48. The van der Waals surface area contributed by atoms with Gasteiger partial charge in [-0.2, -0.15) is 0 Å². The summed E-state index contributed by atoms with van der Waals surface area (Å²) in [5.41, 5.74) is -0.146. The van der Waals surface area contributed by atoms with Crippen LogP contribution in [-0.4, -0.2) is 40.9 Å². The van der Waals surface area contributed by atoms with E-state index in [4.69, 9.17) is 5.11 Å². The molecule has 2 heterocycles. The Hall–Kier alpha value is -1.88. The molecule has 1 aliphatic rings. The first-order valence-corrected chi connectivity index (χ1v) is 6.77. The zero-order chi connectivity index (χ0) is 14.6. The zero-order valence-corrected chi connectivity index (χ0v) is 11.5. The molecule has 0 spiro atoms. The van der Waals surface area contributed by atoms with Crippen molar-refractivity contribution in [3.8, 4) is 0 Å². The van der Waals surface area contributed by atoms with Gasteiger partial charge in [-0.3, -0.25) is 0 Å². The number of rotatable bonds is 5. The molecule has 20 heavy (non-hydrogen) atoms. The van der Waals surface area contributed by atoms with E-state index in [0.717, 1.165) is 25.8 Å². The Balaban J connectivity index is 2.22. The molecule has 2 rings (SSSR count). The van der Waals surface area contributed by atoms with Gasteiger partial charge in [0.2, 0.25) is 0 Å². The summed E-state index contributed by atoms with van der Waals surface area (Å²) in [5.74, 6) is -0.366. The quantitative estimate of drug-likeness (QED) is 0.804. The number of allylic oxidation sites excluding steroid dienone is 1. The second kappa shape index (κ2) is 6.05. The van der Waals surface area contributed by atoms with Crippen LogP contribution < -0.4 is 4.90 Å². The summed E-state index contributed by atoms with van der Waals surface area (Å²) in [7, 11) is 0. The van der Waals surface area contributed by atoms with Crippen LogP contribution in [0.5, 0.6) is 0 Å². The van der Waals surface area contributed by atoms with Gasteiger partial charge in [0.15, 0.2) is 5.69 Å². The first-order chi connectivity index (χ1) is 9.60. The number of pyridine rings is 1. The molecule has 0 radical (unpaired) electrons. The number of hydrogen-bond acceptors (Lipinski definition) is 4. The average molecular weight is 276 g/mol. The van der Waals surface area contributed by atoms with Crippen molar-refractivity contribution in [1.82, 2.24) is 4.98 Å². The summed E-state index contributed by atoms with van der Waals surface area (Å²) in [5, 5.41) is 18.7. The third-order valence-corrected chi connectivity index (χ3v) is 3.85. The maximum Gasteiger partial charge on any atom is 0.354 e. The lowest BCUT2D eigenvalue weighted by atomic mass is 9.78. The van der Waals surface area contributed by atoms with Crippen molar-refractivity contribution in [1.29, 1.82) is 0 Å². The van der Waals surface area contributed by atoms with Crippen molar-refractivity contribution < 1.29 is 15.0 Å². The summed E-state index contributed by atoms with van der Waals surface area (Å²) < 4.78 is 0. The van der Waals surface area contributed by atoms with Gasteiger partial charge in [0, 0.05) is 18.5 Å². The van der Waals surface area contributed by atoms with Gasteiger partial charge in [0.25, 0.3) is 0 Å². The molecule has 1 atom stereocenters. The van der Waals surface area contributed by atoms with Gasteiger partial charge in [0.05, 0.1) is 6.61 Å². The summed E-state index contributed by atoms with van der Waals surface area (Å²) in [6.07, 6.45) is 4.48. The largest absolute Gasteiger partial charge is 0.477 e. The number of anilines is 1. The molecule has 1 saturated heterocycles. The fourth-order valence-electron chi connectivity index (χ4n) is 2.79. The Morgan fingerprint density at radius 3 is 3.00 bits per heavy atom. The molecule has 0 bridgehead atoms. The number of aromatic carboxylic acids is 1. The van der Waals surface area contributed by atoms with Crippen LogP contribution in [0, 0.1) is 5.41 Å². The van der Waals surface area contributed by atoms with Crippen molar-refractivity contribution in [2.75, 3.05) is 24.6 Å². The van der Waals surface area contributed by atoms with Gasteiger partial charge in [0.1, 0.15) is 5.82 Å². The Bertz CT molecular complexity index is 504. The molecule has 0 aliphatic carbocycles. The smallest absolute Gasteiger partial charge is 0.354 e. The first-order valence-electron chi connectivity index (χ1n) is 6.77. The van der Waals surface area contributed by atoms with Gasteiger partial charge in [-0.15, -0.1) is 6.58 Å². The molecule has 1 fully saturated rings. The van der Waals surface area contributed by atoms with E-state index in [9.17, 15) is 9.90 Å². The molecule has 1 aromatic rings. The Labute approximate surface area is 118 Å². The molecule has 5 heteroatoms. The lowest BCUT2D eigenvalue weighted by Crippen LogP contribution is -2.45. The van der Waals surface area contributed by atoms with Gasteiger partial charge in [-0.1, -0.05) is 12.1 Å². The van der Waals surface area contributed by atoms with Crippen LogP contribution in [0.25, 0.3) is 0 Å². The maximum absolute atomic E-state index is 11.0. The highest BCUT2D eigenvalue weighted by molar-refractivity contribution is 5.85. The number of hydrogen-bond donors (Lipinski definition) is 2. The SMILES string of the molecule is C=CC[C@]1(CO)CCCN(c2cccc(C(=O)O)n2)C1. The fraction of sp³-hybridized carbons (Fsp3) is 0.467. The first kappa shape index (κ1) is 14.5. The van der Waals surface area contributed by atoms with Crippen LogP contribution in [-0.2, 0) is 0 Å². The van der Waals surface area contributed by atoms with E-state index < -0.39 is 5.97 Å². The van der Waals surface area contributed by atoms with Crippen LogP contribution in [0.2, 0.25) is 0 Å². The summed E-state index contributed by atoms with van der Waals surface area (Å²) in [6, 6.07) is 5.00. The molecule has 0 saturated carbocycles. The highest BCUT2D eigenvalue weighted by Gasteiger charge is 2.34. The van der Waals surface area contributed by atoms with Gasteiger partial charge in [-0.05, 0) is 31.4 Å². The molecular formula is C15H20N2O3. The standard InChI is InChI=1S/C15H20N2O3/c1-2-7-15(11-18)8-4-9-17(10-15)13-6-3-5-12(16-13)14(19)20/h2-3,5-6,18H,1,4,7-11H2,(H,19,20)/t15-/m0/s1. The monoisotopic (exact) mass is 276 g/mol. The van der Waals surface area contributed by atoms with Gasteiger partial charge in [-0.25, -0.2) is 9.78 Å². The lowest BCUT2D eigenvalue weighted by molar-refractivity contribution is 0.0690. The molecule has 0 unspecified atom stereocenters. The molecule has 2 N–H and O–H groups in total. The van der Waals surface area contributed by atoms with E-state index in [2.05, 4.69) is 16.5 Å². The number of aliphatic hydroxyl groups excluding tert-OH is 1. The Morgan fingerprint density at radius 1 is 1.55 bits per heavy atom. The molecule has 1 aromatic heterocycles. The van der Waals surface area contributed by atoms with E-state index in [0.29, 0.717) is 12.4 Å². The third kappa shape index (κ3) is 2.99. The summed E-state index contributed by atoms with van der Waals surface area (Å²) in [4.78, 5) is 17.2. The number of nitrogens with zero attached hydrogens (tertiary/aromatic N) is 2. The Kier molecular flexibility index (Phi) is 4.39. The van der Waals surface area contributed by atoms with E-state index in [1.165, 1.54) is 6.07 Å². The van der Waals surface area contributed by atoms with E-state index in [1.807, 2.05) is 12.1 Å². The maximum atomic E-state index is 11.0. The molecule has 0 aromatic carbocycles. The van der Waals surface area contributed by atoms with E-state index in [-0.39, 0.29) is 17.7 Å². The fourth-order valence-corrected chi connectivity index (χ4v) is 2.79. The number of carboxylic acid groups (broad SMARTS) is 1. The molecular weight excluding hydrogens is 256 g/mol. The van der Waals surface area contributed by atoms with Crippen LogP contribution >= 0.6 is 0 Å². The number of piperidine rings is 1. The van der Waals surface area contributed by atoms with Gasteiger partial charge >= 0.3 is 5.97 Å². The van der Waals surface area contributed by atoms with Crippen LogP contribution in [0.1, 0.15) is 29.8 Å². The lowest BCUT2D eigenvalue weighted by Gasteiger charge is -2.42. The van der Waals surface area contributed by atoms with Crippen molar-refractivity contribution in [3.05, 3.63) is 36.5 Å². The van der Waals surface area contributed by atoms with Crippen LogP contribution in [0.3, 0.4) is 0 Å². The highest BCUT2D eigenvalue weighted by atomic mass is 16.4. The minimum atomic E-state index is -1.02. The van der Waals surface area contributed by atoms with Crippen molar-refractivity contribution >= 4 is 11.8 Å². The molecule has 1 aliphatic heterocycles. The predicted octanol–water partition coefficient (Wildman–Crippen LogP) is 1.93. The highest BCUT2D eigenvalue weighted by Crippen LogP contribution is 2.35. The van der Waals surface area contributed by atoms with Crippen LogP contribution in [0.15, 0.2) is 30.9 Å². The topological polar surface area (TPSA) is 73.7 Å². The molecule has 108 valence electrons. The zero-order valence-electron chi connectivity index (χ0n) is 11.5. The van der Waals surface area contributed by atoms with Gasteiger partial charge < -0.3 is 15.1 Å². The minimum absolute atomic E-state index is 0.0476. The second-order valence-electron chi connectivity index (χ2n) is 5.36. The predicted molar refractivity (Wildman–Crippen MR) is 77.0 cm³/mol. The normalized spacial score (nSPS) is 22.6. The third-order valence-electron chi connectivity index (χ3n) is 3.85. The minimum Gasteiger partial charge on any atom is -0.477 e. The van der Waals surface area contributed by atoms with E-state index >= 15 is 0 Å². The second-order valence-corrected chi connectivity index (χ2v) is 5.36. The van der Waals surface area contributed by atoms with Crippen molar-refractivity contribution in [3.63, 3.8) is 0 Å². The summed E-state index contributed by atoms with van der Waals surface area (Å²) in [6.45, 7) is 5.37. The molecule has 5 nitrogen and oxygen atoms in total. The van der Waals surface area contributed by atoms with Crippen LogP contribution in [0.4, 0.5) is 5.82 Å². The number of aromatic nitrogens is 1. The number of aliphatic hydroxyl groups is 1. The van der Waals surface area contributed by atoms with E-state index in [1.54, 1.807) is 6.07 Å². The number of carbonyl (C=O) groups is 1. The molecule has 0 amide bonds. The number of carboxylic acids is 1. The summed E-state index contributed by atoms with van der Waals surface area (Å²) >= 11 is 0. The van der Waals surface area contributed by atoms with Crippen molar-refractivity contribution in [2.45, 2.75) is 19.3 Å². The Morgan fingerprint density at radius 2 is 2.35 bits per heavy atom. The van der Waals surface area contributed by atoms with Crippen molar-refractivity contribution in [2.24, 2.45) is 5.41 Å².